The van der Waals surface area contributed by atoms with E-state index in [1.165, 1.54) is 11.1 Å². The molecule has 5 nitrogen and oxygen atoms in total. The van der Waals surface area contributed by atoms with Gasteiger partial charge >= 0.3 is 6.09 Å². The summed E-state index contributed by atoms with van der Waals surface area (Å²) in [4.78, 5) is 18.2. The second kappa shape index (κ2) is 7.09. The average Bonchev–Trinajstić information content (AvgIpc) is 3.23. The molecule has 0 bridgehead atoms. The summed E-state index contributed by atoms with van der Waals surface area (Å²) in [5, 5.41) is 3.38. The summed E-state index contributed by atoms with van der Waals surface area (Å²) in [6.45, 7) is 9.99. The molecule has 1 fully saturated rings. The van der Waals surface area contributed by atoms with E-state index < -0.39 is 5.60 Å². The van der Waals surface area contributed by atoms with Crippen LogP contribution in [0.15, 0.2) is 18.5 Å². The van der Waals surface area contributed by atoms with E-state index in [4.69, 9.17) is 4.74 Å². The monoisotopic (exact) mass is 305 g/mol. The highest BCUT2D eigenvalue weighted by Gasteiger charge is 2.34. The van der Waals surface area contributed by atoms with E-state index in [-0.39, 0.29) is 6.09 Å². The third-order valence-corrected chi connectivity index (χ3v) is 3.61. The Kier molecular flexibility index (Phi) is 5.40. The molecule has 0 atom stereocenters. The molecule has 1 N–H and O–H groups in total. The molecule has 1 aliphatic carbocycles. The highest BCUT2D eigenvalue weighted by atomic mass is 16.6. The molecule has 1 aromatic rings. The average molecular weight is 305 g/mol. The number of rotatable bonds is 6. The summed E-state index contributed by atoms with van der Waals surface area (Å²) in [5.74, 6) is 0. The molecule has 22 heavy (non-hydrogen) atoms. The largest absolute Gasteiger partial charge is 0.444 e. The van der Waals surface area contributed by atoms with Crippen molar-refractivity contribution in [3.05, 3.63) is 29.6 Å². The number of pyridine rings is 1. The zero-order valence-electron chi connectivity index (χ0n) is 14.1. The third-order valence-electron chi connectivity index (χ3n) is 3.61. The lowest BCUT2D eigenvalue weighted by atomic mass is 10.1. The van der Waals surface area contributed by atoms with Crippen LogP contribution in [0.2, 0.25) is 0 Å². The van der Waals surface area contributed by atoms with Gasteiger partial charge in [-0.15, -0.1) is 0 Å². The molecule has 0 aliphatic heterocycles. The van der Waals surface area contributed by atoms with Crippen LogP contribution in [-0.2, 0) is 11.3 Å². The Morgan fingerprint density at radius 1 is 1.45 bits per heavy atom. The van der Waals surface area contributed by atoms with E-state index in [1.807, 2.05) is 37.9 Å². The molecule has 0 aromatic carbocycles. The van der Waals surface area contributed by atoms with Gasteiger partial charge in [-0.1, -0.05) is 0 Å². The van der Waals surface area contributed by atoms with Gasteiger partial charge in [-0.3, -0.25) is 4.98 Å². The summed E-state index contributed by atoms with van der Waals surface area (Å²) >= 11 is 0. The minimum atomic E-state index is -0.440. The van der Waals surface area contributed by atoms with Gasteiger partial charge in [0.05, 0.1) is 0 Å². The molecule has 0 spiro atoms. The number of aromatic nitrogens is 1. The van der Waals surface area contributed by atoms with E-state index in [1.54, 1.807) is 6.20 Å². The maximum Gasteiger partial charge on any atom is 0.410 e. The summed E-state index contributed by atoms with van der Waals surface area (Å²) in [7, 11) is 0. The fourth-order valence-electron chi connectivity index (χ4n) is 2.23. The second-order valence-electron chi connectivity index (χ2n) is 6.88. The van der Waals surface area contributed by atoms with Crippen molar-refractivity contribution in [2.24, 2.45) is 0 Å². The maximum absolute atomic E-state index is 12.2. The number of hydrogen-bond donors (Lipinski definition) is 1. The minimum absolute atomic E-state index is 0.200. The fourth-order valence-corrected chi connectivity index (χ4v) is 2.23. The molecule has 1 amide bonds. The summed E-state index contributed by atoms with van der Waals surface area (Å²) < 4.78 is 5.48. The zero-order valence-corrected chi connectivity index (χ0v) is 14.1. The molecule has 1 aliphatic rings. The summed E-state index contributed by atoms with van der Waals surface area (Å²) in [5.41, 5.74) is 1.98. The first-order chi connectivity index (χ1) is 10.4. The van der Waals surface area contributed by atoms with Gasteiger partial charge in [0.2, 0.25) is 0 Å². The predicted molar refractivity (Wildman–Crippen MR) is 86.6 cm³/mol. The van der Waals surface area contributed by atoms with Crippen LogP contribution in [0.25, 0.3) is 0 Å². The van der Waals surface area contributed by atoms with Gasteiger partial charge in [0, 0.05) is 38.1 Å². The van der Waals surface area contributed by atoms with Gasteiger partial charge in [0.25, 0.3) is 0 Å². The lowest BCUT2D eigenvalue weighted by Gasteiger charge is -2.27. The van der Waals surface area contributed by atoms with Crippen molar-refractivity contribution in [2.45, 2.75) is 58.7 Å². The van der Waals surface area contributed by atoms with Crippen LogP contribution < -0.4 is 5.32 Å². The highest BCUT2D eigenvalue weighted by Crippen LogP contribution is 2.28. The lowest BCUT2D eigenvalue weighted by Crippen LogP contribution is -2.41. The van der Waals surface area contributed by atoms with E-state index >= 15 is 0 Å². The number of ether oxygens (including phenoxy) is 1. The van der Waals surface area contributed by atoms with Crippen LogP contribution in [0.4, 0.5) is 4.79 Å². The normalized spacial score (nSPS) is 14.7. The van der Waals surface area contributed by atoms with Crippen molar-refractivity contribution in [3.8, 4) is 0 Å². The SMILES string of the molecule is Cc1ccncc1CNCCN(C(=O)OC(C)(C)C)C1CC1. The van der Waals surface area contributed by atoms with Crippen molar-refractivity contribution in [2.75, 3.05) is 13.1 Å². The summed E-state index contributed by atoms with van der Waals surface area (Å²) in [6.07, 6.45) is 5.65. The van der Waals surface area contributed by atoms with Crippen LogP contribution >= 0.6 is 0 Å². The Balaban J connectivity index is 1.78. The van der Waals surface area contributed by atoms with Crippen LogP contribution in [0.3, 0.4) is 0 Å². The lowest BCUT2D eigenvalue weighted by molar-refractivity contribution is 0.0236. The highest BCUT2D eigenvalue weighted by molar-refractivity contribution is 5.69. The van der Waals surface area contributed by atoms with E-state index in [0.29, 0.717) is 12.6 Å². The van der Waals surface area contributed by atoms with Crippen LogP contribution in [0.1, 0.15) is 44.7 Å². The Morgan fingerprint density at radius 3 is 2.77 bits per heavy atom. The van der Waals surface area contributed by atoms with Gasteiger partial charge in [-0.25, -0.2) is 4.79 Å². The molecule has 1 saturated carbocycles. The van der Waals surface area contributed by atoms with Gasteiger partial charge in [-0.05, 0) is 57.7 Å². The van der Waals surface area contributed by atoms with E-state index in [9.17, 15) is 4.79 Å². The minimum Gasteiger partial charge on any atom is -0.444 e. The number of aryl methyl sites for hydroxylation is 1. The molecule has 1 heterocycles. The van der Waals surface area contributed by atoms with E-state index in [2.05, 4.69) is 17.2 Å². The molecule has 0 saturated heterocycles. The van der Waals surface area contributed by atoms with Crippen molar-refractivity contribution in [1.29, 1.82) is 0 Å². The van der Waals surface area contributed by atoms with Crippen molar-refractivity contribution in [1.82, 2.24) is 15.2 Å². The molecule has 5 heteroatoms. The fraction of sp³-hybridized carbons (Fsp3) is 0.647. The number of hydrogen-bond acceptors (Lipinski definition) is 4. The number of nitrogens with zero attached hydrogens (tertiary/aromatic N) is 2. The molecule has 2 rings (SSSR count). The Morgan fingerprint density at radius 2 is 2.18 bits per heavy atom. The summed E-state index contributed by atoms with van der Waals surface area (Å²) in [6, 6.07) is 2.37. The first-order valence-corrected chi connectivity index (χ1v) is 7.96. The molecule has 1 aromatic heterocycles. The van der Waals surface area contributed by atoms with Crippen LogP contribution in [-0.4, -0.2) is 40.7 Å². The van der Waals surface area contributed by atoms with Crippen LogP contribution in [0, 0.1) is 6.92 Å². The Hall–Kier alpha value is -1.62. The number of amides is 1. The van der Waals surface area contributed by atoms with Gasteiger partial charge in [0.15, 0.2) is 0 Å². The maximum atomic E-state index is 12.2. The molecular formula is C17H27N3O2. The Bertz CT molecular complexity index is 507. The smallest absolute Gasteiger partial charge is 0.410 e. The quantitative estimate of drug-likeness (QED) is 0.821. The topological polar surface area (TPSA) is 54.5 Å². The predicted octanol–water partition coefficient (Wildman–Crippen LogP) is 2.88. The first kappa shape index (κ1) is 16.7. The standard InChI is InChI=1S/C17H27N3O2/c1-13-7-8-18-11-14(13)12-19-9-10-20(15-5-6-15)16(21)22-17(2,3)4/h7-8,11,15,19H,5-6,9-10,12H2,1-4H3. The number of carbonyl (C=O) groups is 1. The third kappa shape index (κ3) is 5.30. The van der Waals surface area contributed by atoms with Crippen molar-refractivity contribution in [3.63, 3.8) is 0 Å². The van der Waals surface area contributed by atoms with Crippen molar-refractivity contribution < 1.29 is 9.53 Å². The molecular weight excluding hydrogens is 278 g/mol. The second-order valence-corrected chi connectivity index (χ2v) is 6.88. The Labute approximate surface area is 133 Å². The number of carbonyl (C=O) groups excluding carboxylic acids is 1. The zero-order chi connectivity index (χ0) is 16.2. The van der Waals surface area contributed by atoms with Crippen LogP contribution in [0.5, 0.6) is 0 Å². The van der Waals surface area contributed by atoms with Gasteiger partial charge in [0.1, 0.15) is 5.60 Å². The molecule has 0 unspecified atom stereocenters. The number of nitrogens with one attached hydrogen (secondary N) is 1. The van der Waals surface area contributed by atoms with E-state index in [0.717, 1.165) is 25.9 Å². The molecule has 122 valence electrons. The van der Waals surface area contributed by atoms with Gasteiger partial charge in [-0.2, -0.15) is 0 Å². The van der Waals surface area contributed by atoms with Gasteiger partial charge < -0.3 is 15.0 Å². The van der Waals surface area contributed by atoms with Crippen molar-refractivity contribution >= 4 is 6.09 Å². The first-order valence-electron chi connectivity index (χ1n) is 7.96. The molecule has 0 radical (unpaired) electrons.